The summed E-state index contributed by atoms with van der Waals surface area (Å²) in [7, 11) is 0. The molecule has 3 N–H and O–H groups in total. The van der Waals surface area contributed by atoms with Crippen LogP contribution in [0.1, 0.15) is 22.8 Å². The normalized spacial score (nSPS) is 11.5. The topological polar surface area (TPSA) is 81.4 Å². The van der Waals surface area contributed by atoms with E-state index in [0.29, 0.717) is 17.0 Å². The van der Waals surface area contributed by atoms with Gasteiger partial charge in [0.1, 0.15) is 5.75 Å². The maximum Gasteiger partial charge on any atom is 0.265 e. The molecule has 0 aromatic heterocycles. The fourth-order valence-electron chi connectivity index (χ4n) is 1.89. The highest BCUT2D eigenvalue weighted by atomic mass is 16.5. The van der Waals surface area contributed by atoms with Crippen molar-refractivity contribution >= 4 is 17.5 Å². The second-order valence-electron chi connectivity index (χ2n) is 4.96. The molecule has 0 saturated heterocycles. The van der Waals surface area contributed by atoms with E-state index in [1.54, 1.807) is 31.2 Å². The van der Waals surface area contributed by atoms with Gasteiger partial charge in [0.25, 0.3) is 5.91 Å². The number of nitrogens with one attached hydrogen (secondary N) is 1. The van der Waals surface area contributed by atoms with Gasteiger partial charge in [-0.05, 0) is 49.7 Å². The molecular weight excluding hydrogens is 280 g/mol. The van der Waals surface area contributed by atoms with Gasteiger partial charge in [0, 0.05) is 11.3 Å². The average Bonchev–Trinajstić information content (AvgIpc) is 2.50. The van der Waals surface area contributed by atoms with Crippen LogP contribution in [0.3, 0.4) is 0 Å². The molecule has 5 heteroatoms. The van der Waals surface area contributed by atoms with Crippen LogP contribution >= 0.6 is 0 Å². The third-order valence-electron chi connectivity index (χ3n) is 3.20. The van der Waals surface area contributed by atoms with Crippen LogP contribution in [0.2, 0.25) is 0 Å². The number of hydrogen-bond donors (Lipinski definition) is 2. The van der Waals surface area contributed by atoms with Gasteiger partial charge in [-0.2, -0.15) is 0 Å². The number of amides is 2. The van der Waals surface area contributed by atoms with Gasteiger partial charge in [-0.3, -0.25) is 9.59 Å². The molecule has 22 heavy (non-hydrogen) atoms. The van der Waals surface area contributed by atoms with Crippen LogP contribution in [0.5, 0.6) is 5.75 Å². The zero-order valence-corrected chi connectivity index (χ0v) is 12.5. The molecule has 0 bridgehead atoms. The third-order valence-corrected chi connectivity index (χ3v) is 3.20. The largest absolute Gasteiger partial charge is 0.481 e. The Morgan fingerprint density at radius 3 is 2.32 bits per heavy atom. The van der Waals surface area contributed by atoms with Crippen LogP contribution in [-0.2, 0) is 4.79 Å². The van der Waals surface area contributed by atoms with Crippen molar-refractivity contribution in [1.29, 1.82) is 0 Å². The number of aryl methyl sites for hydroxylation is 1. The first kappa shape index (κ1) is 15.6. The Kier molecular flexibility index (Phi) is 4.78. The molecule has 2 rings (SSSR count). The number of carbonyl (C=O) groups is 2. The fourth-order valence-corrected chi connectivity index (χ4v) is 1.89. The Bertz CT molecular complexity index is 681. The van der Waals surface area contributed by atoms with E-state index in [1.807, 2.05) is 31.2 Å². The predicted molar refractivity (Wildman–Crippen MR) is 84.9 cm³/mol. The van der Waals surface area contributed by atoms with Crippen molar-refractivity contribution in [2.75, 3.05) is 5.32 Å². The molecule has 2 aromatic rings. The summed E-state index contributed by atoms with van der Waals surface area (Å²) in [6.45, 7) is 3.60. The first-order chi connectivity index (χ1) is 10.5. The number of rotatable bonds is 5. The summed E-state index contributed by atoms with van der Waals surface area (Å²) in [5.74, 6) is -0.0987. The van der Waals surface area contributed by atoms with E-state index in [-0.39, 0.29) is 5.91 Å². The van der Waals surface area contributed by atoms with Gasteiger partial charge in [0.2, 0.25) is 5.91 Å². The molecule has 0 heterocycles. The Hall–Kier alpha value is -2.82. The number of anilines is 1. The number of hydrogen-bond acceptors (Lipinski definition) is 3. The van der Waals surface area contributed by atoms with Crippen molar-refractivity contribution in [3.8, 4) is 5.75 Å². The van der Waals surface area contributed by atoms with Gasteiger partial charge in [-0.15, -0.1) is 0 Å². The van der Waals surface area contributed by atoms with Crippen molar-refractivity contribution in [3.05, 3.63) is 59.7 Å². The number of para-hydroxylation sites is 1. The molecule has 1 unspecified atom stereocenters. The maximum atomic E-state index is 12.1. The van der Waals surface area contributed by atoms with E-state index in [9.17, 15) is 9.59 Å². The quantitative estimate of drug-likeness (QED) is 0.889. The maximum absolute atomic E-state index is 12.1. The molecule has 0 radical (unpaired) electrons. The third kappa shape index (κ3) is 3.85. The SMILES string of the molecule is Cc1ccccc1OC(C)C(=O)Nc1ccc(C(N)=O)cc1. The molecular formula is C17H18N2O3. The summed E-state index contributed by atoms with van der Waals surface area (Å²) in [5, 5.41) is 2.73. The Balaban J connectivity index is 1.99. The van der Waals surface area contributed by atoms with Gasteiger partial charge in [0.05, 0.1) is 0 Å². The minimum atomic E-state index is -0.642. The summed E-state index contributed by atoms with van der Waals surface area (Å²) < 4.78 is 5.65. The Morgan fingerprint density at radius 1 is 1.09 bits per heavy atom. The van der Waals surface area contributed by atoms with Gasteiger partial charge >= 0.3 is 0 Å². The zero-order chi connectivity index (χ0) is 16.1. The summed E-state index contributed by atoms with van der Waals surface area (Å²) in [5.41, 5.74) is 7.10. The monoisotopic (exact) mass is 298 g/mol. The zero-order valence-electron chi connectivity index (χ0n) is 12.5. The minimum Gasteiger partial charge on any atom is -0.481 e. The first-order valence-electron chi connectivity index (χ1n) is 6.90. The lowest BCUT2D eigenvalue weighted by Crippen LogP contribution is -2.30. The summed E-state index contributed by atoms with van der Waals surface area (Å²) in [6.07, 6.45) is -0.642. The molecule has 0 aliphatic carbocycles. The van der Waals surface area contributed by atoms with Crippen molar-refractivity contribution in [2.24, 2.45) is 5.73 Å². The van der Waals surface area contributed by atoms with Crippen LogP contribution < -0.4 is 15.8 Å². The van der Waals surface area contributed by atoms with E-state index < -0.39 is 12.0 Å². The van der Waals surface area contributed by atoms with Crippen LogP contribution in [0, 0.1) is 6.92 Å². The van der Waals surface area contributed by atoms with E-state index in [1.165, 1.54) is 0 Å². The van der Waals surface area contributed by atoms with Crippen molar-refractivity contribution in [1.82, 2.24) is 0 Å². The van der Waals surface area contributed by atoms with E-state index in [4.69, 9.17) is 10.5 Å². The number of primary amides is 1. The molecule has 1 atom stereocenters. The molecule has 0 fully saturated rings. The van der Waals surface area contributed by atoms with E-state index in [2.05, 4.69) is 5.32 Å². The smallest absolute Gasteiger partial charge is 0.265 e. The molecule has 114 valence electrons. The second-order valence-corrected chi connectivity index (χ2v) is 4.96. The van der Waals surface area contributed by atoms with Crippen molar-refractivity contribution in [2.45, 2.75) is 20.0 Å². The molecule has 0 spiro atoms. The summed E-state index contributed by atoms with van der Waals surface area (Å²) in [6, 6.07) is 13.9. The van der Waals surface area contributed by atoms with Gasteiger partial charge < -0.3 is 15.8 Å². The minimum absolute atomic E-state index is 0.268. The highest BCUT2D eigenvalue weighted by molar-refractivity contribution is 5.96. The highest BCUT2D eigenvalue weighted by Crippen LogP contribution is 2.18. The lowest BCUT2D eigenvalue weighted by molar-refractivity contribution is -0.122. The Labute approximate surface area is 129 Å². The molecule has 0 aliphatic heterocycles. The van der Waals surface area contributed by atoms with Crippen LogP contribution in [0.15, 0.2) is 48.5 Å². The van der Waals surface area contributed by atoms with Gasteiger partial charge in [-0.25, -0.2) is 0 Å². The van der Waals surface area contributed by atoms with Gasteiger partial charge in [-0.1, -0.05) is 18.2 Å². The van der Waals surface area contributed by atoms with Crippen LogP contribution in [-0.4, -0.2) is 17.9 Å². The van der Waals surface area contributed by atoms with Crippen molar-refractivity contribution in [3.63, 3.8) is 0 Å². The number of nitrogens with two attached hydrogens (primary N) is 1. The molecule has 2 amide bonds. The molecule has 5 nitrogen and oxygen atoms in total. The second kappa shape index (κ2) is 6.76. The fraction of sp³-hybridized carbons (Fsp3) is 0.176. The number of benzene rings is 2. The predicted octanol–water partition coefficient (Wildman–Crippen LogP) is 2.50. The summed E-state index contributed by atoms with van der Waals surface area (Å²) in [4.78, 5) is 23.1. The van der Waals surface area contributed by atoms with E-state index >= 15 is 0 Å². The highest BCUT2D eigenvalue weighted by Gasteiger charge is 2.15. The van der Waals surface area contributed by atoms with Gasteiger partial charge in [0.15, 0.2) is 6.10 Å². The lowest BCUT2D eigenvalue weighted by Gasteiger charge is -2.16. The lowest BCUT2D eigenvalue weighted by atomic mass is 10.2. The van der Waals surface area contributed by atoms with Crippen molar-refractivity contribution < 1.29 is 14.3 Å². The Morgan fingerprint density at radius 2 is 1.73 bits per heavy atom. The standard InChI is InChI=1S/C17H18N2O3/c1-11-5-3-4-6-15(11)22-12(2)17(21)19-14-9-7-13(8-10-14)16(18)20/h3-10,12H,1-2H3,(H2,18,20)(H,19,21). The van der Waals surface area contributed by atoms with E-state index in [0.717, 1.165) is 5.56 Å². The number of ether oxygens (including phenoxy) is 1. The summed E-state index contributed by atoms with van der Waals surface area (Å²) >= 11 is 0. The first-order valence-corrected chi connectivity index (χ1v) is 6.90. The molecule has 0 saturated carbocycles. The average molecular weight is 298 g/mol. The molecule has 0 aliphatic rings. The van der Waals surface area contributed by atoms with Crippen LogP contribution in [0.25, 0.3) is 0 Å². The van der Waals surface area contributed by atoms with Crippen LogP contribution in [0.4, 0.5) is 5.69 Å². The number of carbonyl (C=O) groups excluding carboxylic acids is 2. The molecule has 2 aromatic carbocycles.